The lowest BCUT2D eigenvalue weighted by Gasteiger charge is -2.25. The highest BCUT2D eigenvalue weighted by molar-refractivity contribution is 4.87. The Bertz CT molecular complexity index is 211. The SMILES string of the molecule is CCN(CC)CCCC(C)NCC1(O)CCCC1. The summed E-state index contributed by atoms with van der Waals surface area (Å²) in [6, 6.07) is 0.519. The van der Waals surface area contributed by atoms with Gasteiger partial charge in [0, 0.05) is 12.6 Å². The van der Waals surface area contributed by atoms with E-state index in [4.69, 9.17) is 0 Å². The van der Waals surface area contributed by atoms with E-state index in [1.165, 1.54) is 32.2 Å². The highest BCUT2D eigenvalue weighted by Crippen LogP contribution is 2.28. The van der Waals surface area contributed by atoms with Gasteiger partial charge in [0.15, 0.2) is 0 Å². The highest BCUT2D eigenvalue weighted by atomic mass is 16.3. The molecule has 1 aliphatic carbocycles. The van der Waals surface area contributed by atoms with Crippen molar-refractivity contribution >= 4 is 0 Å². The van der Waals surface area contributed by atoms with Crippen LogP contribution in [0.3, 0.4) is 0 Å². The summed E-state index contributed by atoms with van der Waals surface area (Å²) < 4.78 is 0. The second-order valence-electron chi connectivity index (χ2n) is 5.88. The Morgan fingerprint density at radius 3 is 2.39 bits per heavy atom. The fraction of sp³-hybridized carbons (Fsp3) is 1.00. The maximum Gasteiger partial charge on any atom is 0.0771 e. The largest absolute Gasteiger partial charge is 0.389 e. The molecular weight excluding hydrogens is 224 g/mol. The van der Waals surface area contributed by atoms with Crippen LogP contribution in [0.5, 0.6) is 0 Å². The van der Waals surface area contributed by atoms with E-state index in [2.05, 4.69) is 31.0 Å². The van der Waals surface area contributed by atoms with Crippen molar-refractivity contribution in [3.05, 3.63) is 0 Å². The van der Waals surface area contributed by atoms with Gasteiger partial charge in [-0.15, -0.1) is 0 Å². The molecule has 0 saturated heterocycles. The summed E-state index contributed by atoms with van der Waals surface area (Å²) in [6.07, 6.45) is 6.78. The fourth-order valence-electron chi connectivity index (χ4n) is 2.84. The number of hydrogen-bond acceptors (Lipinski definition) is 3. The normalized spacial score (nSPS) is 20.5. The quantitative estimate of drug-likeness (QED) is 0.665. The molecule has 0 radical (unpaired) electrons. The Kier molecular flexibility index (Phi) is 7.20. The molecule has 0 amide bonds. The van der Waals surface area contributed by atoms with E-state index in [9.17, 15) is 5.11 Å². The predicted octanol–water partition coefficient (Wildman–Crippen LogP) is 2.39. The second-order valence-corrected chi connectivity index (χ2v) is 5.88. The number of aliphatic hydroxyl groups is 1. The van der Waals surface area contributed by atoms with Gasteiger partial charge in [-0.1, -0.05) is 26.7 Å². The van der Waals surface area contributed by atoms with Gasteiger partial charge in [0.1, 0.15) is 0 Å². The summed E-state index contributed by atoms with van der Waals surface area (Å²) >= 11 is 0. The number of nitrogens with one attached hydrogen (secondary N) is 1. The van der Waals surface area contributed by atoms with Gasteiger partial charge in [-0.05, 0) is 52.2 Å². The van der Waals surface area contributed by atoms with Crippen molar-refractivity contribution in [3.8, 4) is 0 Å². The van der Waals surface area contributed by atoms with Crippen molar-refractivity contribution in [3.63, 3.8) is 0 Å². The zero-order valence-electron chi connectivity index (χ0n) is 12.5. The Morgan fingerprint density at radius 1 is 1.22 bits per heavy atom. The summed E-state index contributed by atoms with van der Waals surface area (Å²) in [5.41, 5.74) is -0.410. The monoisotopic (exact) mass is 256 g/mol. The molecule has 0 aromatic rings. The third kappa shape index (κ3) is 5.68. The molecule has 0 spiro atoms. The van der Waals surface area contributed by atoms with Crippen LogP contribution in [0.15, 0.2) is 0 Å². The van der Waals surface area contributed by atoms with Crippen LogP contribution >= 0.6 is 0 Å². The highest BCUT2D eigenvalue weighted by Gasteiger charge is 2.30. The first-order valence-electron chi connectivity index (χ1n) is 7.77. The summed E-state index contributed by atoms with van der Waals surface area (Å²) in [4.78, 5) is 2.47. The average Bonchev–Trinajstić information content (AvgIpc) is 2.80. The van der Waals surface area contributed by atoms with Crippen LogP contribution in [-0.4, -0.2) is 47.8 Å². The Hall–Kier alpha value is -0.120. The van der Waals surface area contributed by atoms with E-state index in [1.54, 1.807) is 0 Å². The Labute approximate surface area is 113 Å². The minimum Gasteiger partial charge on any atom is -0.389 e. The fourth-order valence-corrected chi connectivity index (χ4v) is 2.84. The van der Waals surface area contributed by atoms with E-state index in [1.807, 2.05) is 0 Å². The summed E-state index contributed by atoms with van der Waals surface area (Å²) in [5, 5.41) is 13.8. The van der Waals surface area contributed by atoms with Crippen molar-refractivity contribution in [1.29, 1.82) is 0 Å². The van der Waals surface area contributed by atoms with Crippen LogP contribution in [0, 0.1) is 0 Å². The van der Waals surface area contributed by atoms with Gasteiger partial charge in [0.05, 0.1) is 5.60 Å². The lowest BCUT2D eigenvalue weighted by molar-refractivity contribution is 0.0450. The number of nitrogens with zero attached hydrogens (tertiary/aromatic N) is 1. The molecule has 1 atom stereocenters. The number of rotatable bonds is 9. The van der Waals surface area contributed by atoms with Crippen molar-refractivity contribution in [2.75, 3.05) is 26.2 Å². The lowest BCUT2D eigenvalue weighted by atomic mass is 10.0. The van der Waals surface area contributed by atoms with Crippen LogP contribution in [-0.2, 0) is 0 Å². The van der Waals surface area contributed by atoms with Gasteiger partial charge in [-0.3, -0.25) is 0 Å². The van der Waals surface area contributed by atoms with E-state index in [0.717, 1.165) is 32.5 Å². The third-order valence-electron chi connectivity index (χ3n) is 4.32. The first-order valence-corrected chi connectivity index (χ1v) is 7.77. The summed E-state index contributed by atoms with van der Waals surface area (Å²) in [6.45, 7) is 11.0. The smallest absolute Gasteiger partial charge is 0.0771 e. The Balaban J connectivity index is 2.08. The molecule has 0 aliphatic heterocycles. The molecule has 0 aromatic carbocycles. The first-order chi connectivity index (χ1) is 8.59. The van der Waals surface area contributed by atoms with E-state index in [-0.39, 0.29) is 0 Å². The molecule has 0 aromatic heterocycles. The minimum absolute atomic E-state index is 0.410. The van der Waals surface area contributed by atoms with Crippen molar-refractivity contribution in [2.24, 2.45) is 0 Å². The molecule has 0 heterocycles. The van der Waals surface area contributed by atoms with Gasteiger partial charge in [0.2, 0.25) is 0 Å². The Morgan fingerprint density at radius 2 is 1.83 bits per heavy atom. The standard InChI is InChI=1S/C15H32N2O/c1-4-17(5-2)12-8-9-14(3)16-13-15(18)10-6-7-11-15/h14,16,18H,4-13H2,1-3H3. The van der Waals surface area contributed by atoms with E-state index >= 15 is 0 Å². The average molecular weight is 256 g/mol. The molecule has 108 valence electrons. The van der Waals surface area contributed by atoms with Crippen molar-refractivity contribution in [1.82, 2.24) is 10.2 Å². The molecule has 1 rings (SSSR count). The first kappa shape index (κ1) is 15.9. The maximum atomic E-state index is 10.3. The van der Waals surface area contributed by atoms with Gasteiger partial charge >= 0.3 is 0 Å². The molecule has 1 unspecified atom stereocenters. The molecule has 1 aliphatic rings. The topological polar surface area (TPSA) is 35.5 Å². The van der Waals surface area contributed by atoms with Crippen LogP contribution < -0.4 is 5.32 Å². The van der Waals surface area contributed by atoms with E-state index in [0.29, 0.717) is 6.04 Å². The lowest BCUT2D eigenvalue weighted by Crippen LogP contribution is -2.42. The van der Waals surface area contributed by atoms with Crippen LogP contribution in [0.25, 0.3) is 0 Å². The molecule has 1 saturated carbocycles. The van der Waals surface area contributed by atoms with Gasteiger partial charge in [0.25, 0.3) is 0 Å². The molecule has 3 nitrogen and oxygen atoms in total. The zero-order chi connectivity index (χ0) is 13.4. The molecule has 3 heteroatoms. The maximum absolute atomic E-state index is 10.3. The molecule has 0 bridgehead atoms. The second kappa shape index (κ2) is 8.13. The molecule has 18 heavy (non-hydrogen) atoms. The van der Waals surface area contributed by atoms with E-state index < -0.39 is 5.60 Å². The van der Waals surface area contributed by atoms with Crippen molar-refractivity contribution in [2.45, 2.75) is 70.9 Å². The van der Waals surface area contributed by atoms with Gasteiger partial charge < -0.3 is 15.3 Å². The molecule has 2 N–H and O–H groups in total. The van der Waals surface area contributed by atoms with Crippen LogP contribution in [0.4, 0.5) is 0 Å². The summed E-state index contributed by atoms with van der Waals surface area (Å²) in [5.74, 6) is 0. The predicted molar refractivity (Wildman–Crippen MR) is 77.9 cm³/mol. The molecule has 1 fully saturated rings. The van der Waals surface area contributed by atoms with Gasteiger partial charge in [-0.25, -0.2) is 0 Å². The minimum atomic E-state index is -0.410. The zero-order valence-corrected chi connectivity index (χ0v) is 12.5. The van der Waals surface area contributed by atoms with Crippen LogP contribution in [0.1, 0.15) is 59.3 Å². The molecular formula is C15H32N2O. The van der Waals surface area contributed by atoms with Crippen molar-refractivity contribution < 1.29 is 5.11 Å². The van der Waals surface area contributed by atoms with Crippen LogP contribution in [0.2, 0.25) is 0 Å². The third-order valence-corrected chi connectivity index (χ3v) is 4.32. The van der Waals surface area contributed by atoms with Gasteiger partial charge in [-0.2, -0.15) is 0 Å². The summed E-state index contributed by atoms with van der Waals surface area (Å²) in [7, 11) is 0. The number of hydrogen-bond donors (Lipinski definition) is 2.